The van der Waals surface area contributed by atoms with Gasteiger partial charge < -0.3 is 5.11 Å². The third-order valence-corrected chi connectivity index (χ3v) is 12.0. The molecule has 0 aromatic carbocycles. The molecule has 1 nitrogen and oxygen atoms in total. The Morgan fingerprint density at radius 2 is 1.49 bits per heavy atom. The highest BCUT2D eigenvalue weighted by Crippen LogP contribution is 2.76. The van der Waals surface area contributed by atoms with Gasteiger partial charge in [-0.1, -0.05) is 80.9 Å². The first-order valence-electron chi connectivity index (χ1n) is 15.8. The van der Waals surface area contributed by atoms with Crippen LogP contribution in [0.3, 0.4) is 0 Å². The van der Waals surface area contributed by atoms with Crippen LogP contribution in [0, 0.1) is 57.7 Å². The Kier molecular flexibility index (Phi) is 10.6. The van der Waals surface area contributed by atoms with E-state index < -0.39 is 0 Å². The Labute approximate surface area is 221 Å². The molecular formula is C34H64O. The van der Waals surface area contributed by atoms with E-state index in [4.69, 9.17) is 0 Å². The summed E-state index contributed by atoms with van der Waals surface area (Å²) in [4.78, 5) is 0. The average Bonchev–Trinajstić information content (AvgIpc) is 3.17. The van der Waals surface area contributed by atoms with Gasteiger partial charge in [-0.05, 0) is 129 Å². The molecule has 1 N–H and O–H groups in total. The predicted octanol–water partition coefficient (Wildman–Crippen LogP) is 10.3. The molecule has 0 heterocycles. The highest BCUT2D eigenvalue weighted by molar-refractivity contribution is 5.18. The van der Waals surface area contributed by atoms with Gasteiger partial charge in [-0.2, -0.15) is 0 Å². The summed E-state index contributed by atoms with van der Waals surface area (Å²) in [6.07, 6.45) is 14.5. The van der Waals surface area contributed by atoms with Crippen molar-refractivity contribution in [1.82, 2.24) is 0 Å². The van der Waals surface area contributed by atoms with E-state index in [0.717, 1.165) is 36.0 Å². The van der Waals surface area contributed by atoms with E-state index in [1.165, 1.54) is 56.9 Å². The molecule has 0 aliphatic heterocycles. The van der Waals surface area contributed by atoms with E-state index in [1.54, 1.807) is 0 Å². The van der Waals surface area contributed by atoms with Crippen LogP contribution in [0.15, 0.2) is 11.6 Å². The maximum Gasteiger partial charge on any atom is 0.0568 e. The summed E-state index contributed by atoms with van der Waals surface area (Å²) < 4.78 is 0. The molecule has 0 spiro atoms. The van der Waals surface area contributed by atoms with Gasteiger partial charge in [0.1, 0.15) is 0 Å². The molecule has 4 rings (SSSR count). The first-order valence-corrected chi connectivity index (χ1v) is 15.8. The van der Waals surface area contributed by atoms with Gasteiger partial charge in [0.15, 0.2) is 0 Å². The summed E-state index contributed by atoms with van der Waals surface area (Å²) in [6.45, 7) is 28.1. The number of aliphatic hydroxyl groups is 1. The van der Waals surface area contributed by atoms with E-state index in [0.29, 0.717) is 28.1 Å². The Morgan fingerprint density at radius 3 is 2.09 bits per heavy atom. The van der Waals surface area contributed by atoms with E-state index in [1.807, 2.05) is 27.7 Å². The number of hydrogen-bond acceptors (Lipinski definition) is 1. The van der Waals surface area contributed by atoms with Crippen LogP contribution in [0.25, 0.3) is 0 Å². The normalized spacial score (nSPS) is 48.1. The second-order valence-corrected chi connectivity index (χ2v) is 13.8. The van der Waals surface area contributed by atoms with Crippen molar-refractivity contribution in [2.24, 2.45) is 57.7 Å². The third kappa shape index (κ3) is 5.20. The molecule has 0 saturated heterocycles. The van der Waals surface area contributed by atoms with Crippen molar-refractivity contribution in [3.63, 3.8) is 0 Å². The molecule has 11 atom stereocenters. The smallest absolute Gasteiger partial charge is 0.0568 e. The molecule has 0 aromatic rings. The van der Waals surface area contributed by atoms with Crippen molar-refractivity contribution < 1.29 is 5.11 Å². The fourth-order valence-electron chi connectivity index (χ4n) is 10.9. The van der Waals surface area contributed by atoms with E-state index in [2.05, 4.69) is 61.5 Å². The number of fused-ring (bicyclic) bond motifs is 5. The van der Waals surface area contributed by atoms with Crippen LogP contribution in [0.1, 0.15) is 141 Å². The number of aliphatic hydroxyl groups excluding tert-OH is 1. The molecule has 4 aliphatic rings. The first-order chi connectivity index (χ1) is 16.5. The summed E-state index contributed by atoms with van der Waals surface area (Å²) in [5.74, 6) is 5.44. The molecule has 0 bridgehead atoms. The lowest BCUT2D eigenvalue weighted by molar-refractivity contribution is -0.231. The van der Waals surface area contributed by atoms with Crippen LogP contribution >= 0.6 is 0 Å². The van der Waals surface area contributed by atoms with Crippen LogP contribution in [0.2, 0.25) is 0 Å². The average molecular weight is 489 g/mol. The van der Waals surface area contributed by atoms with Gasteiger partial charge in [0.2, 0.25) is 0 Å². The second kappa shape index (κ2) is 12.0. The topological polar surface area (TPSA) is 20.2 Å². The van der Waals surface area contributed by atoms with Crippen molar-refractivity contribution >= 4 is 0 Å². The molecule has 4 unspecified atom stereocenters. The van der Waals surface area contributed by atoms with E-state index >= 15 is 0 Å². The van der Waals surface area contributed by atoms with Gasteiger partial charge in [0, 0.05) is 0 Å². The van der Waals surface area contributed by atoms with E-state index in [9.17, 15) is 5.11 Å². The Morgan fingerprint density at radius 1 is 0.857 bits per heavy atom. The van der Waals surface area contributed by atoms with Crippen molar-refractivity contribution in [3.05, 3.63) is 11.6 Å². The predicted molar refractivity (Wildman–Crippen MR) is 155 cm³/mol. The lowest BCUT2D eigenvalue weighted by Crippen LogP contribution is -2.65. The number of unbranched alkanes of at least 4 members (excludes halogenated alkanes) is 1. The minimum absolute atomic E-state index is 0.0779. The van der Waals surface area contributed by atoms with Crippen molar-refractivity contribution in [2.45, 2.75) is 147 Å². The SMILES string of the molecule is CC.CC.CC(C)=CCCCC1CC[C@]2(C)C1[C@H](C)CC1[C@@]3(C)CC[C@H](O)[C@H](C)C3[C@@H](C)C[C@]12C. The highest BCUT2D eigenvalue weighted by atomic mass is 16.3. The number of rotatable bonds is 4. The zero-order valence-corrected chi connectivity index (χ0v) is 26.0. The molecule has 206 valence electrons. The fraction of sp³-hybridized carbons (Fsp3) is 0.941. The second-order valence-electron chi connectivity index (χ2n) is 13.8. The van der Waals surface area contributed by atoms with Gasteiger partial charge in [-0.3, -0.25) is 0 Å². The lowest BCUT2D eigenvalue weighted by atomic mass is 9.34. The summed E-state index contributed by atoms with van der Waals surface area (Å²) in [5, 5.41) is 10.7. The molecule has 0 aromatic heterocycles. The maximum absolute atomic E-state index is 10.7. The molecular weight excluding hydrogens is 424 g/mol. The van der Waals surface area contributed by atoms with Crippen molar-refractivity contribution in [3.8, 4) is 0 Å². The fourth-order valence-corrected chi connectivity index (χ4v) is 10.9. The van der Waals surface area contributed by atoms with Crippen molar-refractivity contribution in [2.75, 3.05) is 0 Å². The van der Waals surface area contributed by atoms with Crippen LogP contribution in [0.5, 0.6) is 0 Å². The summed E-state index contributed by atoms with van der Waals surface area (Å²) in [7, 11) is 0. The van der Waals surface area contributed by atoms with Gasteiger partial charge in [-0.25, -0.2) is 0 Å². The zero-order valence-electron chi connectivity index (χ0n) is 26.0. The molecule has 4 saturated carbocycles. The van der Waals surface area contributed by atoms with Crippen LogP contribution in [-0.2, 0) is 0 Å². The Hall–Kier alpha value is -0.300. The summed E-state index contributed by atoms with van der Waals surface area (Å²) >= 11 is 0. The Bertz CT molecular complexity index is 691. The molecule has 0 amide bonds. The van der Waals surface area contributed by atoms with Gasteiger partial charge in [0.05, 0.1) is 6.10 Å². The minimum Gasteiger partial charge on any atom is -0.393 e. The molecule has 1 heteroatoms. The quantitative estimate of drug-likeness (QED) is 0.308. The summed E-state index contributed by atoms with van der Waals surface area (Å²) in [5.41, 5.74) is 2.85. The first kappa shape index (κ1) is 30.9. The number of hydrogen-bond donors (Lipinski definition) is 1. The van der Waals surface area contributed by atoms with Crippen LogP contribution in [0.4, 0.5) is 0 Å². The molecule has 4 aliphatic carbocycles. The maximum atomic E-state index is 10.7. The zero-order chi connectivity index (χ0) is 26.8. The van der Waals surface area contributed by atoms with E-state index in [-0.39, 0.29) is 6.10 Å². The van der Waals surface area contributed by atoms with Gasteiger partial charge >= 0.3 is 0 Å². The minimum atomic E-state index is -0.0779. The third-order valence-electron chi connectivity index (χ3n) is 12.0. The molecule has 4 fully saturated rings. The lowest BCUT2D eigenvalue weighted by Gasteiger charge is -2.71. The molecule has 0 radical (unpaired) electrons. The van der Waals surface area contributed by atoms with Gasteiger partial charge in [-0.15, -0.1) is 0 Å². The Balaban J connectivity index is 0.00000103. The van der Waals surface area contributed by atoms with Crippen molar-refractivity contribution in [1.29, 1.82) is 0 Å². The van der Waals surface area contributed by atoms with Crippen LogP contribution < -0.4 is 0 Å². The highest BCUT2D eigenvalue weighted by Gasteiger charge is 2.69. The number of allylic oxidation sites excluding steroid dienone is 2. The standard InChI is InChI=1S/C30H52O.2C2H6/c1-19(2)11-9-10-12-23-13-16-29(7)27(23)20(3)17-25-28(6)15-14-24(31)22(5)26(28)21(4)18-30(25,29)8;2*1-2/h11,20-27,31H,9-10,12-18H2,1-8H3;2*1-2H3/t20-,21+,22+,23?,24+,25?,26?,27?,28-,29-,30-;;/m1../s1. The monoisotopic (exact) mass is 488 g/mol. The van der Waals surface area contributed by atoms with Crippen LogP contribution in [-0.4, -0.2) is 11.2 Å². The molecule has 35 heavy (non-hydrogen) atoms. The largest absolute Gasteiger partial charge is 0.393 e. The van der Waals surface area contributed by atoms with Gasteiger partial charge in [0.25, 0.3) is 0 Å². The summed E-state index contributed by atoms with van der Waals surface area (Å²) in [6, 6.07) is 0.